The van der Waals surface area contributed by atoms with Crippen molar-refractivity contribution in [2.75, 3.05) is 18.8 Å². The third-order valence-electron chi connectivity index (χ3n) is 2.45. The van der Waals surface area contributed by atoms with Gasteiger partial charge in [-0.15, -0.1) is 0 Å². The summed E-state index contributed by atoms with van der Waals surface area (Å²) < 4.78 is 0. The van der Waals surface area contributed by atoms with Crippen LogP contribution in [0.3, 0.4) is 0 Å². The highest BCUT2D eigenvalue weighted by atomic mass is 35.5. The number of anilines is 1. The van der Waals surface area contributed by atoms with E-state index in [-0.39, 0.29) is 0 Å². The van der Waals surface area contributed by atoms with Crippen LogP contribution in [0.15, 0.2) is 18.2 Å². The number of aliphatic hydroxyl groups excluding tert-OH is 1. The zero-order valence-corrected chi connectivity index (χ0v) is 11.8. The Labute approximate surface area is 118 Å². The number of hydrogen-bond acceptors (Lipinski definition) is 3. The quantitative estimate of drug-likeness (QED) is 0.491. The minimum Gasteiger partial charge on any atom is -0.398 e. The number of benzene rings is 1. The molecule has 1 aromatic carbocycles. The van der Waals surface area contributed by atoms with E-state index in [9.17, 15) is 5.11 Å². The molecule has 0 saturated carbocycles. The molecule has 4 nitrogen and oxygen atoms in total. The Hall–Kier alpha value is -1.04. The van der Waals surface area contributed by atoms with E-state index in [2.05, 4.69) is 10.6 Å². The van der Waals surface area contributed by atoms with Crippen molar-refractivity contribution in [1.29, 1.82) is 0 Å². The van der Waals surface area contributed by atoms with Gasteiger partial charge in [-0.25, -0.2) is 0 Å². The van der Waals surface area contributed by atoms with Crippen molar-refractivity contribution in [3.05, 3.63) is 28.8 Å². The van der Waals surface area contributed by atoms with E-state index in [0.29, 0.717) is 34.4 Å². The molecular formula is C12H18ClN3OS. The van der Waals surface area contributed by atoms with Crippen LogP contribution in [-0.4, -0.2) is 23.3 Å². The molecule has 0 aliphatic rings. The Balaban J connectivity index is 2.47. The van der Waals surface area contributed by atoms with Gasteiger partial charge < -0.3 is 21.5 Å². The molecule has 0 saturated heterocycles. The summed E-state index contributed by atoms with van der Waals surface area (Å²) >= 11 is 10.9. The molecule has 0 radical (unpaired) electrons. The van der Waals surface area contributed by atoms with Gasteiger partial charge in [0.1, 0.15) is 0 Å². The Morgan fingerprint density at radius 3 is 2.89 bits per heavy atom. The highest BCUT2D eigenvalue weighted by Gasteiger charge is 2.11. The van der Waals surface area contributed by atoms with E-state index in [1.807, 2.05) is 6.92 Å². The van der Waals surface area contributed by atoms with E-state index in [0.717, 1.165) is 6.54 Å². The molecule has 1 aromatic rings. The van der Waals surface area contributed by atoms with Crippen molar-refractivity contribution in [2.45, 2.75) is 19.4 Å². The van der Waals surface area contributed by atoms with Crippen molar-refractivity contribution in [3.63, 3.8) is 0 Å². The maximum Gasteiger partial charge on any atom is 0.166 e. The lowest BCUT2D eigenvalue weighted by Crippen LogP contribution is -2.35. The maximum absolute atomic E-state index is 10.0. The molecule has 0 fully saturated rings. The molecule has 1 unspecified atom stereocenters. The predicted molar refractivity (Wildman–Crippen MR) is 79.7 cm³/mol. The molecule has 0 amide bonds. The van der Waals surface area contributed by atoms with Crippen LogP contribution in [0.5, 0.6) is 0 Å². The van der Waals surface area contributed by atoms with Crippen molar-refractivity contribution < 1.29 is 5.11 Å². The summed E-state index contributed by atoms with van der Waals surface area (Å²) in [6.45, 7) is 3.31. The predicted octanol–water partition coefficient (Wildman–Crippen LogP) is 1.83. The summed E-state index contributed by atoms with van der Waals surface area (Å²) in [7, 11) is 0. The van der Waals surface area contributed by atoms with Gasteiger partial charge in [0.05, 0.1) is 6.10 Å². The topological polar surface area (TPSA) is 70.3 Å². The van der Waals surface area contributed by atoms with Crippen LogP contribution in [0.1, 0.15) is 25.0 Å². The minimum atomic E-state index is -0.652. The second kappa shape index (κ2) is 7.41. The van der Waals surface area contributed by atoms with Crippen LogP contribution in [0.25, 0.3) is 0 Å². The van der Waals surface area contributed by atoms with Gasteiger partial charge >= 0.3 is 0 Å². The average molecular weight is 288 g/mol. The van der Waals surface area contributed by atoms with Crippen LogP contribution in [-0.2, 0) is 0 Å². The molecule has 5 N–H and O–H groups in total. The van der Waals surface area contributed by atoms with E-state index >= 15 is 0 Å². The van der Waals surface area contributed by atoms with Gasteiger partial charge in [0, 0.05) is 29.4 Å². The van der Waals surface area contributed by atoms with Gasteiger partial charge in [-0.2, -0.15) is 0 Å². The van der Waals surface area contributed by atoms with Crippen LogP contribution in [0.4, 0.5) is 5.69 Å². The second-order valence-corrected chi connectivity index (χ2v) is 4.71. The largest absolute Gasteiger partial charge is 0.398 e. The third-order valence-corrected chi connectivity index (χ3v) is 2.97. The standard InChI is InChI=1S/C12H18ClN3OS/c1-2-15-12(18)16-6-5-11(17)9-7-8(13)3-4-10(9)14/h3-4,7,11,17H,2,5-6,14H2,1H3,(H2,15,16,18). The van der Waals surface area contributed by atoms with Crippen LogP contribution >= 0.6 is 23.8 Å². The van der Waals surface area contributed by atoms with E-state index in [4.69, 9.17) is 29.6 Å². The van der Waals surface area contributed by atoms with Crippen LogP contribution in [0.2, 0.25) is 5.02 Å². The first kappa shape index (κ1) is 15.0. The lowest BCUT2D eigenvalue weighted by Gasteiger charge is -2.15. The van der Waals surface area contributed by atoms with Crippen LogP contribution < -0.4 is 16.4 Å². The van der Waals surface area contributed by atoms with Crippen molar-refractivity contribution >= 4 is 34.6 Å². The summed E-state index contributed by atoms with van der Waals surface area (Å²) in [5, 5.41) is 17.2. The molecule has 0 heterocycles. The summed E-state index contributed by atoms with van der Waals surface area (Å²) in [5.74, 6) is 0. The first-order chi connectivity index (χ1) is 8.54. The maximum atomic E-state index is 10.0. The number of nitrogens with two attached hydrogens (primary N) is 1. The molecule has 0 aliphatic heterocycles. The third kappa shape index (κ3) is 4.68. The second-order valence-electron chi connectivity index (χ2n) is 3.86. The summed E-state index contributed by atoms with van der Waals surface area (Å²) in [4.78, 5) is 0. The highest BCUT2D eigenvalue weighted by Crippen LogP contribution is 2.25. The normalized spacial score (nSPS) is 11.9. The smallest absolute Gasteiger partial charge is 0.166 e. The van der Waals surface area contributed by atoms with Gasteiger partial charge in [0.15, 0.2) is 5.11 Å². The number of rotatable bonds is 5. The van der Waals surface area contributed by atoms with E-state index < -0.39 is 6.10 Å². The molecule has 18 heavy (non-hydrogen) atoms. The Kier molecular flexibility index (Phi) is 6.18. The van der Waals surface area contributed by atoms with Crippen molar-refractivity contribution in [2.24, 2.45) is 0 Å². The lowest BCUT2D eigenvalue weighted by atomic mass is 10.0. The number of nitrogen functional groups attached to an aromatic ring is 1. The Morgan fingerprint density at radius 2 is 2.22 bits per heavy atom. The van der Waals surface area contributed by atoms with Gasteiger partial charge in [-0.05, 0) is 43.8 Å². The van der Waals surface area contributed by atoms with Gasteiger partial charge in [-0.3, -0.25) is 0 Å². The van der Waals surface area contributed by atoms with Gasteiger partial charge in [0.2, 0.25) is 0 Å². The lowest BCUT2D eigenvalue weighted by molar-refractivity contribution is 0.169. The number of thiocarbonyl (C=S) groups is 1. The van der Waals surface area contributed by atoms with Crippen molar-refractivity contribution in [1.82, 2.24) is 10.6 Å². The van der Waals surface area contributed by atoms with Crippen molar-refractivity contribution in [3.8, 4) is 0 Å². The zero-order valence-electron chi connectivity index (χ0n) is 10.2. The first-order valence-electron chi connectivity index (χ1n) is 5.79. The number of nitrogens with one attached hydrogen (secondary N) is 2. The molecule has 0 bridgehead atoms. The van der Waals surface area contributed by atoms with Gasteiger partial charge in [-0.1, -0.05) is 11.6 Å². The molecule has 0 spiro atoms. The summed E-state index contributed by atoms with van der Waals surface area (Å²) in [6, 6.07) is 5.08. The average Bonchev–Trinajstić information content (AvgIpc) is 2.32. The number of halogens is 1. The SMILES string of the molecule is CCNC(=S)NCCC(O)c1cc(Cl)ccc1N. The fourth-order valence-corrected chi connectivity index (χ4v) is 1.96. The fraction of sp³-hybridized carbons (Fsp3) is 0.417. The zero-order chi connectivity index (χ0) is 13.5. The molecule has 1 atom stereocenters. The Bertz CT molecular complexity index is 414. The molecule has 6 heteroatoms. The first-order valence-corrected chi connectivity index (χ1v) is 6.58. The van der Waals surface area contributed by atoms with E-state index in [1.54, 1.807) is 18.2 Å². The molecule has 0 aliphatic carbocycles. The Morgan fingerprint density at radius 1 is 1.50 bits per heavy atom. The number of hydrogen-bond donors (Lipinski definition) is 4. The summed E-state index contributed by atoms with van der Waals surface area (Å²) in [5.41, 5.74) is 6.99. The highest BCUT2D eigenvalue weighted by molar-refractivity contribution is 7.80. The number of aliphatic hydroxyl groups is 1. The molecule has 0 aromatic heterocycles. The van der Waals surface area contributed by atoms with Crippen LogP contribution in [0, 0.1) is 0 Å². The monoisotopic (exact) mass is 287 g/mol. The fourth-order valence-electron chi connectivity index (χ4n) is 1.54. The molecule has 100 valence electrons. The molecular weight excluding hydrogens is 270 g/mol. The van der Waals surface area contributed by atoms with Gasteiger partial charge in [0.25, 0.3) is 0 Å². The molecule has 1 rings (SSSR count). The minimum absolute atomic E-state index is 0.510. The van der Waals surface area contributed by atoms with E-state index in [1.165, 1.54) is 0 Å². The summed E-state index contributed by atoms with van der Waals surface area (Å²) in [6.07, 6.45) is -0.142.